The second-order valence-electron chi connectivity index (χ2n) is 6.65. The molecule has 0 saturated carbocycles. The predicted molar refractivity (Wildman–Crippen MR) is 93.3 cm³/mol. The highest BCUT2D eigenvalue weighted by molar-refractivity contribution is 7.88. The number of fused-ring (bicyclic) bond motifs is 1. The van der Waals surface area contributed by atoms with Gasteiger partial charge in [-0.05, 0) is 30.9 Å². The summed E-state index contributed by atoms with van der Waals surface area (Å²) >= 11 is 0. The summed E-state index contributed by atoms with van der Waals surface area (Å²) in [6.07, 6.45) is 3.07. The van der Waals surface area contributed by atoms with E-state index in [1.54, 1.807) is 7.11 Å². The highest BCUT2D eigenvalue weighted by Gasteiger charge is 2.33. The van der Waals surface area contributed by atoms with Crippen LogP contribution in [0.4, 0.5) is 0 Å². The zero-order valence-electron chi connectivity index (χ0n) is 14.5. The van der Waals surface area contributed by atoms with Gasteiger partial charge < -0.3 is 14.4 Å². The topological polar surface area (TPSA) is 84.9 Å². The van der Waals surface area contributed by atoms with Crippen molar-refractivity contribution in [1.82, 2.24) is 9.62 Å². The largest absolute Gasteiger partial charge is 0.493 e. The van der Waals surface area contributed by atoms with Crippen LogP contribution in [0.15, 0.2) is 18.2 Å². The van der Waals surface area contributed by atoms with Crippen molar-refractivity contribution in [3.05, 3.63) is 23.8 Å². The van der Waals surface area contributed by atoms with E-state index in [-0.39, 0.29) is 17.9 Å². The molecule has 2 aliphatic rings. The summed E-state index contributed by atoms with van der Waals surface area (Å²) in [5, 5.41) is 0. The number of benzene rings is 1. The lowest BCUT2D eigenvalue weighted by atomic mass is 9.94. The Bertz CT molecular complexity index is 741. The molecular formula is C17H24N2O5S. The number of para-hydroxylation sites is 1. The van der Waals surface area contributed by atoms with E-state index in [9.17, 15) is 13.2 Å². The maximum Gasteiger partial charge on any atom is 0.229 e. The standard InChI is InChI=1S/C17H24N2O5S/c1-23-15-5-3-4-12-10-13(11-24-16(12)15)17(20)19-8-6-14(7-9-19)18-25(2,21)22/h3-5,13-14,18H,6-11H2,1-2H3/t13-/m1/s1. The van der Waals surface area contributed by atoms with Gasteiger partial charge in [0.15, 0.2) is 11.5 Å². The smallest absolute Gasteiger partial charge is 0.229 e. The van der Waals surface area contributed by atoms with Gasteiger partial charge in [0.05, 0.1) is 19.3 Å². The summed E-state index contributed by atoms with van der Waals surface area (Å²) in [5.74, 6) is 1.28. The molecule has 0 aromatic heterocycles. The number of carbonyl (C=O) groups is 1. The van der Waals surface area contributed by atoms with E-state index < -0.39 is 10.0 Å². The number of hydrogen-bond donors (Lipinski definition) is 1. The Labute approximate surface area is 148 Å². The van der Waals surface area contributed by atoms with Crippen molar-refractivity contribution in [2.75, 3.05) is 33.1 Å². The zero-order chi connectivity index (χ0) is 18.0. The first kappa shape index (κ1) is 18.0. The van der Waals surface area contributed by atoms with Crippen LogP contribution >= 0.6 is 0 Å². The van der Waals surface area contributed by atoms with Gasteiger partial charge in [0, 0.05) is 19.1 Å². The molecular weight excluding hydrogens is 344 g/mol. The van der Waals surface area contributed by atoms with Gasteiger partial charge in [-0.2, -0.15) is 0 Å². The first-order valence-corrected chi connectivity index (χ1v) is 10.3. The zero-order valence-corrected chi connectivity index (χ0v) is 15.3. The summed E-state index contributed by atoms with van der Waals surface area (Å²) in [5.41, 5.74) is 0.984. The van der Waals surface area contributed by atoms with Crippen LogP contribution in [-0.2, 0) is 21.2 Å². The molecule has 2 heterocycles. The molecule has 7 nitrogen and oxygen atoms in total. The molecule has 3 rings (SSSR count). The number of likely N-dealkylation sites (tertiary alicyclic amines) is 1. The molecule has 8 heteroatoms. The number of sulfonamides is 1. The summed E-state index contributed by atoms with van der Waals surface area (Å²) < 4.78 is 36.3. The average Bonchev–Trinajstić information content (AvgIpc) is 2.59. The van der Waals surface area contributed by atoms with E-state index in [0.717, 1.165) is 17.6 Å². The Morgan fingerprint density at radius 3 is 2.68 bits per heavy atom. The van der Waals surface area contributed by atoms with Crippen LogP contribution in [0, 0.1) is 5.92 Å². The third-order valence-corrected chi connectivity index (χ3v) is 5.47. The Kier molecular flexibility index (Phi) is 5.19. The molecule has 1 amide bonds. The van der Waals surface area contributed by atoms with Gasteiger partial charge in [-0.3, -0.25) is 4.79 Å². The summed E-state index contributed by atoms with van der Waals surface area (Å²) in [6, 6.07) is 5.61. The predicted octanol–water partition coefficient (Wildman–Crippen LogP) is 0.786. The molecule has 1 N–H and O–H groups in total. The SMILES string of the molecule is COc1cccc2c1OC[C@H](C(=O)N1CCC(NS(C)(=O)=O)CC1)C2. The number of ether oxygens (including phenoxy) is 2. The first-order valence-electron chi connectivity index (χ1n) is 8.42. The summed E-state index contributed by atoms with van der Waals surface area (Å²) in [4.78, 5) is 14.6. The van der Waals surface area contributed by atoms with Crippen molar-refractivity contribution in [2.45, 2.75) is 25.3 Å². The van der Waals surface area contributed by atoms with E-state index >= 15 is 0 Å². The van der Waals surface area contributed by atoms with Gasteiger partial charge in [0.25, 0.3) is 0 Å². The molecule has 1 atom stereocenters. The molecule has 0 aliphatic carbocycles. The van der Waals surface area contributed by atoms with Crippen molar-refractivity contribution in [3.63, 3.8) is 0 Å². The lowest BCUT2D eigenvalue weighted by Gasteiger charge is -2.35. The Balaban J connectivity index is 1.60. The Morgan fingerprint density at radius 2 is 2.04 bits per heavy atom. The number of nitrogens with zero attached hydrogens (tertiary/aromatic N) is 1. The van der Waals surface area contributed by atoms with Gasteiger partial charge in [-0.15, -0.1) is 0 Å². The molecule has 2 aliphatic heterocycles. The lowest BCUT2D eigenvalue weighted by Crippen LogP contribution is -2.49. The molecule has 138 valence electrons. The normalized spacial score (nSPS) is 21.4. The van der Waals surface area contributed by atoms with Crippen LogP contribution in [0.2, 0.25) is 0 Å². The van der Waals surface area contributed by atoms with Crippen molar-refractivity contribution in [1.29, 1.82) is 0 Å². The van der Waals surface area contributed by atoms with E-state index in [0.29, 0.717) is 44.7 Å². The minimum absolute atomic E-state index is 0.0753. The maximum atomic E-state index is 12.8. The number of rotatable bonds is 4. The summed E-state index contributed by atoms with van der Waals surface area (Å²) in [7, 11) is -1.61. The number of methoxy groups -OCH3 is 1. The Morgan fingerprint density at radius 1 is 1.32 bits per heavy atom. The third kappa shape index (κ3) is 4.24. The maximum absolute atomic E-state index is 12.8. The lowest BCUT2D eigenvalue weighted by molar-refractivity contribution is -0.138. The molecule has 1 fully saturated rings. The van der Waals surface area contributed by atoms with Crippen LogP contribution in [-0.4, -0.2) is 58.3 Å². The van der Waals surface area contributed by atoms with Crippen molar-refractivity contribution in [3.8, 4) is 11.5 Å². The van der Waals surface area contributed by atoms with Crippen LogP contribution in [0.5, 0.6) is 11.5 Å². The number of carbonyl (C=O) groups excluding carboxylic acids is 1. The molecule has 0 radical (unpaired) electrons. The van der Waals surface area contributed by atoms with Crippen LogP contribution in [0.3, 0.4) is 0 Å². The highest BCUT2D eigenvalue weighted by atomic mass is 32.2. The monoisotopic (exact) mass is 368 g/mol. The van der Waals surface area contributed by atoms with E-state index in [1.165, 1.54) is 0 Å². The third-order valence-electron chi connectivity index (χ3n) is 4.71. The van der Waals surface area contributed by atoms with Gasteiger partial charge in [0.1, 0.15) is 6.61 Å². The van der Waals surface area contributed by atoms with Gasteiger partial charge in [-0.1, -0.05) is 12.1 Å². The molecule has 1 saturated heterocycles. The number of nitrogens with one attached hydrogen (secondary N) is 1. The van der Waals surface area contributed by atoms with Crippen LogP contribution in [0.25, 0.3) is 0 Å². The average molecular weight is 368 g/mol. The fourth-order valence-corrected chi connectivity index (χ4v) is 4.33. The van der Waals surface area contributed by atoms with E-state index in [1.807, 2.05) is 23.1 Å². The fourth-order valence-electron chi connectivity index (χ4n) is 3.49. The second kappa shape index (κ2) is 7.21. The second-order valence-corrected chi connectivity index (χ2v) is 8.43. The van der Waals surface area contributed by atoms with Crippen molar-refractivity contribution < 1.29 is 22.7 Å². The first-order chi connectivity index (χ1) is 11.9. The minimum Gasteiger partial charge on any atom is -0.493 e. The molecule has 1 aromatic carbocycles. The fraction of sp³-hybridized carbons (Fsp3) is 0.588. The Hall–Kier alpha value is -1.80. The van der Waals surface area contributed by atoms with Crippen LogP contribution in [0.1, 0.15) is 18.4 Å². The van der Waals surface area contributed by atoms with Crippen molar-refractivity contribution in [2.24, 2.45) is 5.92 Å². The van der Waals surface area contributed by atoms with E-state index in [4.69, 9.17) is 9.47 Å². The van der Waals surface area contributed by atoms with Crippen LogP contribution < -0.4 is 14.2 Å². The number of piperidine rings is 1. The quantitative estimate of drug-likeness (QED) is 0.849. The number of amides is 1. The molecule has 0 bridgehead atoms. The van der Waals surface area contributed by atoms with Gasteiger partial charge in [0.2, 0.25) is 15.9 Å². The molecule has 1 aromatic rings. The number of hydrogen-bond acceptors (Lipinski definition) is 5. The highest BCUT2D eigenvalue weighted by Crippen LogP contribution is 2.36. The van der Waals surface area contributed by atoms with Gasteiger partial charge in [-0.25, -0.2) is 13.1 Å². The molecule has 25 heavy (non-hydrogen) atoms. The van der Waals surface area contributed by atoms with E-state index in [2.05, 4.69) is 4.72 Å². The summed E-state index contributed by atoms with van der Waals surface area (Å²) in [6.45, 7) is 1.47. The molecule has 0 unspecified atom stereocenters. The van der Waals surface area contributed by atoms with Crippen molar-refractivity contribution >= 4 is 15.9 Å². The minimum atomic E-state index is -3.21. The molecule has 0 spiro atoms. The van der Waals surface area contributed by atoms with Gasteiger partial charge >= 0.3 is 0 Å².